The predicted molar refractivity (Wildman–Crippen MR) is 142 cm³/mol. The molecule has 0 saturated heterocycles. The summed E-state index contributed by atoms with van der Waals surface area (Å²) in [4.78, 5) is 24.4. The molecular formula is C30H28N4O3. The molecule has 1 aliphatic rings. The molecule has 2 heterocycles. The fourth-order valence-corrected chi connectivity index (χ4v) is 4.57. The van der Waals surface area contributed by atoms with Gasteiger partial charge in [-0.25, -0.2) is 9.69 Å². The number of carboxylic acids is 1. The van der Waals surface area contributed by atoms with Gasteiger partial charge in [0, 0.05) is 36.6 Å². The Morgan fingerprint density at radius 2 is 1.57 bits per heavy atom. The minimum atomic E-state index is -0.912. The summed E-state index contributed by atoms with van der Waals surface area (Å²) < 4.78 is 1.85. The molecular weight excluding hydrogens is 464 g/mol. The van der Waals surface area contributed by atoms with Crippen molar-refractivity contribution in [3.8, 4) is 16.9 Å². The van der Waals surface area contributed by atoms with E-state index in [1.165, 1.54) is 5.01 Å². The van der Waals surface area contributed by atoms with Gasteiger partial charge in [-0.15, -0.1) is 0 Å². The van der Waals surface area contributed by atoms with Gasteiger partial charge >= 0.3 is 5.97 Å². The number of nitrogens with zero attached hydrogens (tertiary/aromatic N) is 4. The van der Waals surface area contributed by atoms with Crippen molar-refractivity contribution in [3.05, 3.63) is 108 Å². The molecule has 7 nitrogen and oxygen atoms in total. The molecule has 0 saturated carbocycles. The fraction of sp³-hybridized carbons (Fsp3) is 0.200. The highest BCUT2D eigenvalue weighted by Gasteiger charge is 2.36. The number of hydrogen-bond acceptors (Lipinski definition) is 4. The van der Waals surface area contributed by atoms with E-state index < -0.39 is 5.97 Å². The molecule has 0 fully saturated rings. The third-order valence-electron chi connectivity index (χ3n) is 6.50. The molecule has 7 heteroatoms. The molecule has 1 atom stereocenters. The maximum atomic E-state index is 13.4. The minimum absolute atomic E-state index is 0.0555. The second-order valence-electron chi connectivity index (χ2n) is 9.20. The number of para-hydroxylation sites is 1. The van der Waals surface area contributed by atoms with Gasteiger partial charge in [0.1, 0.15) is 0 Å². The molecule has 186 valence electrons. The first-order valence-electron chi connectivity index (χ1n) is 12.4. The maximum absolute atomic E-state index is 13.4. The first-order valence-corrected chi connectivity index (χ1v) is 12.4. The zero-order chi connectivity index (χ0) is 25.8. The predicted octanol–water partition coefficient (Wildman–Crippen LogP) is 5.78. The summed E-state index contributed by atoms with van der Waals surface area (Å²) in [5.41, 5.74) is 6.50. The molecule has 3 aromatic carbocycles. The highest BCUT2D eigenvalue weighted by Crippen LogP contribution is 2.38. The van der Waals surface area contributed by atoms with E-state index in [-0.39, 0.29) is 31.2 Å². The monoisotopic (exact) mass is 492 g/mol. The molecule has 37 heavy (non-hydrogen) atoms. The lowest BCUT2D eigenvalue weighted by Crippen LogP contribution is -2.27. The van der Waals surface area contributed by atoms with Gasteiger partial charge in [0.05, 0.1) is 23.1 Å². The van der Waals surface area contributed by atoms with Crippen LogP contribution in [0.25, 0.3) is 16.9 Å². The number of rotatable bonds is 8. The Bertz CT molecular complexity index is 1430. The lowest BCUT2D eigenvalue weighted by atomic mass is 9.96. The van der Waals surface area contributed by atoms with Gasteiger partial charge in [0.15, 0.2) is 0 Å². The van der Waals surface area contributed by atoms with Crippen LogP contribution in [-0.2, 0) is 9.59 Å². The largest absolute Gasteiger partial charge is 0.481 e. The lowest BCUT2D eigenvalue weighted by molar-refractivity contribution is -0.137. The van der Waals surface area contributed by atoms with E-state index in [1.54, 1.807) is 0 Å². The lowest BCUT2D eigenvalue weighted by Gasteiger charge is -2.22. The zero-order valence-corrected chi connectivity index (χ0v) is 20.6. The molecule has 0 bridgehead atoms. The van der Waals surface area contributed by atoms with Crippen molar-refractivity contribution in [1.82, 2.24) is 14.8 Å². The number of carbonyl (C=O) groups excluding carboxylic acids is 1. The standard InChI is InChI=1S/C30H28N4O3/c1-21-15-17-23(18-16-21)30-25(20-33(32-30)24-11-6-3-7-12-24)27-19-26(22-9-4-2-5-10-22)31-34(27)28(35)13-8-14-29(36)37/h2-7,9-12,15-18,20,27H,8,13-14,19H2,1H3,(H,36,37). The third kappa shape index (κ3) is 5.35. The summed E-state index contributed by atoms with van der Waals surface area (Å²) in [7, 11) is 0. The van der Waals surface area contributed by atoms with Gasteiger partial charge in [0.25, 0.3) is 0 Å². The number of aromatic nitrogens is 2. The van der Waals surface area contributed by atoms with E-state index in [4.69, 9.17) is 15.3 Å². The number of amides is 1. The Labute approximate surface area is 215 Å². The molecule has 0 aliphatic carbocycles. The average molecular weight is 493 g/mol. The summed E-state index contributed by atoms with van der Waals surface area (Å²) in [6.07, 6.45) is 2.84. The van der Waals surface area contributed by atoms with Crippen molar-refractivity contribution >= 4 is 17.6 Å². The van der Waals surface area contributed by atoms with Crippen LogP contribution in [0.1, 0.15) is 48.4 Å². The van der Waals surface area contributed by atoms with Crippen molar-refractivity contribution < 1.29 is 14.7 Å². The molecule has 4 aromatic rings. The van der Waals surface area contributed by atoms with Crippen molar-refractivity contribution in [1.29, 1.82) is 0 Å². The third-order valence-corrected chi connectivity index (χ3v) is 6.50. The van der Waals surface area contributed by atoms with Crippen LogP contribution in [0, 0.1) is 6.92 Å². The molecule has 1 aromatic heterocycles. The average Bonchev–Trinajstić information content (AvgIpc) is 3.55. The summed E-state index contributed by atoms with van der Waals surface area (Å²) in [5.74, 6) is -1.11. The Hall–Kier alpha value is -4.52. The quantitative estimate of drug-likeness (QED) is 0.338. The van der Waals surface area contributed by atoms with E-state index in [0.29, 0.717) is 6.42 Å². The van der Waals surface area contributed by atoms with Crippen molar-refractivity contribution in [2.75, 3.05) is 0 Å². The minimum Gasteiger partial charge on any atom is -0.481 e. The number of benzene rings is 3. The van der Waals surface area contributed by atoms with E-state index in [1.807, 2.05) is 90.6 Å². The van der Waals surface area contributed by atoms with Gasteiger partial charge in [-0.1, -0.05) is 78.4 Å². The normalized spacial score (nSPS) is 15.0. The molecule has 1 unspecified atom stereocenters. The fourth-order valence-electron chi connectivity index (χ4n) is 4.57. The number of carbonyl (C=O) groups is 2. The van der Waals surface area contributed by atoms with Gasteiger partial charge in [-0.05, 0) is 31.0 Å². The van der Waals surface area contributed by atoms with Crippen LogP contribution >= 0.6 is 0 Å². The Morgan fingerprint density at radius 1 is 0.892 bits per heavy atom. The molecule has 5 rings (SSSR count). The van der Waals surface area contributed by atoms with Gasteiger partial charge in [-0.3, -0.25) is 9.59 Å². The summed E-state index contributed by atoms with van der Waals surface area (Å²) in [6, 6.07) is 27.5. The topological polar surface area (TPSA) is 87.8 Å². The van der Waals surface area contributed by atoms with Crippen LogP contribution in [0.5, 0.6) is 0 Å². The number of hydrazone groups is 1. The van der Waals surface area contributed by atoms with E-state index in [0.717, 1.165) is 39.3 Å². The van der Waals surface area contributed by atoms with E-state index in [2.05, 4.69) is 12.1 Å². The van der Waals surface area contributed by atoms with E-state index in [9.17, 15) is 9.59 Å². The van der Waals surface area contributed by atoms with Crippen molar-refractivity contribution in [2.45, 2.75) is 38.6 Å². The Morgan fingerprint density at radius 3 is 2.24 bits per heavy atom. The van der Waals surface area contributed by atoms with Crippen LogP contribution < -0.4 is 0 Å². The van der Waals surface area contributed by atoms with Crippen LogP contribution in [0.15, 0.2) is 96.2 Å². The SMILES string of the molecule is Cc1ccc(-c2nn(-c3ccccc3)cc2C2CC(c3ccccc3)=NN2C(=O)CCCC(=O)O)cc1. The molecule has 1 N–H and O–H groups in total. The Balaban J connectivity index is 1.57. The smallest absolute Gasteiger partial charge is 0.303 e. The van der Waals surface area contributed by atoms with Crippen LogP contribution in [0.4, 0.5) is 0 Å². The van der Waals surface area contributed by atoms with Gasteiger partial charge in [0.2, 0.25) is 5.91 Å². The second kappa shape index (κ2) is 10.6. The zero-order valence-electron chi connectivity index (χ0n) is 20.6. The van der Waals surface area contributed by atoms with E-state index >= 15 is 0 Å². The number of carboxylic acid groups (broad SMARTS) is 1. The first-order chi connectivity index (χ1) is 18.0. The number of hydrogen-bond donors (Lipinski definition) is 1. The van der Waals surface area contributed by atoms with Crippen LogP contribution in [-0.4, -0.2) is 37.5 Å². The molecule has 1 amide bonds. The second-order valence-corrected chi connectivity index (χ2v) is 9.20. The highest BCUT2D eigenvalue weighted by molar-refractivity contribution is 6.03. The molecule has 1 aliphatic heterocycles. The Kier molecular flexibility index (Phi) is 6.94. The molecule has 0 spiro atoms. The van der Waals surface area contributed by atoms with Crippen molar-refractivity contribution in [3.63, 3.8) is 0 Å². The van der Waals surface area contributed by atoms with Gasteiger partial charge in [-0.2, -0.15) is 10.2 Å². The summed E-state index contributed by atoms with van der Waals surface area (Å²) in [5, 5.41) is 20.3. The number of aliphatic carboxylic acids is 1. The van der Waals surface area contributed by atoms with Crippen molar-refractivity contribution in [2.24, 2.45) is 5.10 Å². The van der Waals surface area contributed by atoms with Crippen LogP contribution in [0.2, 0.25) is 0 Å². The summed E-state index contributed by atoms with van der Waals surface area (Å²) in [6.45, 7) is 2.04. The van der Waals surface area contributed by atoms with Crippen LogP contribution in [0.3, 0.4) is 0 Å². The number of aryl methyl sites for hydroxylation is 1. The molecule has 0 radical (unpaired) electrons. The summed E-state index contributed by atoms with van der Waals surface area (Å²) >= 11 is 0. The van der Waals surface area contributed by atoms with Gasteiger partial charge < -0.3 is 5.11 Å². The first kappa shape index (κ1) is 24.2. The maximum Gasteiger partial charge on any atom is 0.303 e. The highest BCUT2D eigenvalue weighted by atomic mass is 16.4.